The molecule has 0 saturated heterocycles. The van der Waals surface area contributed by atoms with E-state index in [1.165, 1.54) is 0 Å². The number of amides is 1. The van der Waals surface area contributed by atoms with Crippen LogP contribution < -0.4 is 10.6 Å². The highest BCUT2D eigenvalue weighted by atomic mass is 19.1. The summed E-state index contributed by atoms with van der Waals surface area (Å²) in [6, 6.07) is 3.82. The van der Waals surface area contributed by atoms with Crippen LogP contribution in [0.15, 0.2) is 28.8 Å². The van der Waals surface area contributed by atoms with Gasteiger partial charge in [0.15, 0.2) is 0 Å². The van der Waals surface area contributed by atoms with Gasteiger partial charge in [-0.3, -0.25) is 10.1 Å². The Kier molecular flexibility index (Phi) is 3.97. The van der Waals surface area contributed by atoms with Crippen molar-refractivity contribution in [3.05, 3.63) is 41.6 Å². The zero-order valence-corrected chi connectivity index (χ0v) is 10.9. The smallest absolute Gasteiger partial charge is 0.248 e. The molecule has 0 spiro atoms. The molecular formula is C13H13F2N3O2. The average Bonchev–Trinajstić information content (AvgIpc) is 2.73. The number of rotatable bonds is 4. The summed E-state index contributed by atoms with van der Waals surface area (Å²) in [4.78, 5) is 11.8. The largest absolute Gasteiger partial charge is 0.374 e. The highest BCUT2D eigenvalue weighted by molar-refractivity contribution is 5.95. The van der Waals surface area contributed by atoms with Crippen LogP contribution in [0, 0.1) is 18.6 Å². The third kappa shape index (κ3) is 3.53. The van der Waals surface area contributed by atoms with Crippen molar-refractivity contribution in [3.8, 4) is 0 Å². The second-order valence-corrected chi connectivity index (χ2v) is 4.35. The van der Waals surface area contributed by atoms with Gasteiger partial charge in [0.25, 0.3) is 0 Å². The first-order valence-corrected chi connectivity index (χ1v) is 5.91. The van der Waals surface area contributed by atoms with E-state index in [4.69, 9.17) is 4.52 Å². The number of aromatic nitrogens is 1. The zero-order chi connectivity index (χ0) is 14.7. The topological polar surface area (TPSA) is 67.2 Å². The van der Waals surface area contributed by atoms with E-state index in [1.807, 2.05) is 0 Å². The van der Waals surface area contributed by atoms with Crippen LogP contribution in [0.4, 0.5) is 20.4 Å². The maximum Gasteiger partial charge on any atom is 0.248 e. The summed E-state index contributed by atoms with van der Waals surface area (Å²) in [6.07, 6.45) is 0. The number of anilines is 2. The summed E-state index contributed by atoms with van der Waals surface area (Å²) in [7, 11) is 0. The van der Waals surface area contributed by atoms with E-state index in [0.717, 1.165) is 18.2 Å². The third-order valence-electron chi connectivity index (χ3n) is 2.51. The van der Waals surface area contributed by atoms with E-state index in [9.17, 15) is 13.6 Å². The van der Waals surface area contributed by atoms with Crippen LogP contribution in [-0.4, -0.2) is 17.1 Å². The van der Waals surface area contributed by atoms with Gasteiger partial charge < -0.3 is 9.84 Å². The van der Waals surface area contributed by atoms with Crippen LogP contribution in [0.25, 0.3) is 0 Å². The Morgan fingerprint density at radius 1 is 1.25 bits per heavy atom. The number of benzene rings is 1. The Morgan fingerprint density at radius 2 is 1.90 bits per heavy atom. The standard InChI is InChI=1S/C13H13F2N3O2/c1-7-3-12(20-18-7)17-13(19)8(2)16-11-5-9(14)4-10(15)6-11/h3-6,8,16H,1-2H3,(H,17,19). The average molecular weight is 281 g/mol. The van der Waals surface area contributed by atoms with Gasteiger partial charge in [-0.1, -0.05) is 5.16 Å². The third-order valence-corrected chi connectivity index (χ3v) is 2.51. The monoisotopic (exact) mass is 281 g/mol. The highest BCUT2D eigenvalue weighted by Gasteiger charge is 2.15. The molecule has 1 aromatic carbocycles. The van der Waals surface area contributed by atoms with E-state index in [2.05, 4.69) is 15.8 Å². The molecule has 1 atom stereocenters. The molecule has 1 amide bonds. The van der Waals surface area contributed by atoms with Gasteiger partial charge in [0, 0.05) is 17.8 Å². The van der Waals surface area contributed by atoms with Gasteiger partial charge in [-0.05, 0) is 26.0 Å². The molecule has 1 heterocycles. The van der Waals surface area contributed by atoms with E-state index in [0.29, 0.717) is 5.69 Å². The molecule has 20 heavy (non-hydrogen) atoms. The van der Waals surface area contributed by atoms with Crippen molar-refractivity contribution >= 4 is 17.5 Å². The van der Waals surface area contributed by atoms with Crippen LogP contribution in [-0.2, 0) is 4.79 Å². The number of hydrogen-bond donors (Lipinski definition) is 2. The van der Waals surface area contributed by atoms with Gasteiger partial charge in [0.1, 0.15) is 17.7 Å². The normalized spacial score (nSPS) is 12.0. The number of carbonyl (C=O) groups is 1. The van der Waals surface area contributed by atoms with Crippen LogP contribution >= 0.6 is 0 Å². The minimum absolute atomic E-state index is 0.180. The Hall–Kier alpha value is -2.44. The van der Waals surface area contributed by atoms with Crippen LogP contribution in [0.1, 0.15) is 12.6 Å². The van der Waals surface area contributed by atoms with Crippen LogP contribution in [0.5, 0.6) is 0 Å². The molecule has 106 valence electrons. The van der Waals surface area contributed by atoms with Crippen molar-refractivity contribution in [2.75, 3.05) is 10.6 Å². The molecule has 0 aliphatic carbocycles. The van der Waals surface area contributed by atoms with Crippen LogP contribution in [0.2, 0.25) is 0 Å². The molecule has 1 aromatic heterocycles. The maximum absolute atomic E-state index is 13.0. The summed E-state index contributed by atoms with van der Waals surface area (Å²) in [5.74, 6) is -1.63. The van der Waals surface area contributed by atoms with Crippen molar-refractivity contribution in [1.29, 1.82) is 0 Å². The van der Waals surface area contributed by atoms with Crippen molar-refractivity contribution in [2.45, 2.75) is 19.9 Å². The fourth-order valence-corrected chi connectivity index (χ4v) is 1.60. The van der Waals surface area contributed by atoms with Gasteiger partial charge >= 0.3 is 0 Å². The van der Waals surface area contributed by atoms with Gasteiger partial charge in [-0.2, -0.15) is 0 Å². The Morgan fingerprint density at radius 3 is 2.45 bits per heavy atom. The van der Waals surface area contributed by atoms with Gasteiger partial charge in [0.05, 0.1) is 5.69 Å². The molecule has 0 bridgehead atoms. The van der Waals surface area contributed by atoms with E-state index in [-0.39, 0.29) is 11.6 Å². The molecule has 1 unspecified atom stereocenters. The Bertz CT molecular complexity index is 608. The first-order chi connectivity index (χ1) is 9.44. The predicted molar refractivity (Wildman–Crippen MR) is 69.3 cm³/mol. The molecular weight excluding hydrogens is 268 g/mol. The fraction of sp³-hybridized carbons (Fsp3) is 0.231. The molecule has 0 saturated carbocycles. The number of carbonyl (C=O) groups excluding carboxylic acids is 1. The highest BCUT2D eigenvalue weighted by Crippen LogP contribution is 2.15. The summed E-state index contributed by atoms with van der Waals surface area (Å²) in [5.41, 5.74) is 0.812. The number of halogens is 2. The summed E-state index contributed by atoms with van der Waals surface area (Å²) < 4.78 is 30.9. The van der Waals surface area contributed by atoms with Gasteiger partial charge in [0.2, 0.25) is 11.8 Å². The molecule has 0 radical (unpaired) electrons. The molecule has 5 nitrogen and oxygen atoms in total. The van der Waals surface area contributed by atoms with E-state index < -0.39 is 23.6 Å². The van der Waals surface area contributed by atoms with Crippen molar-refractivity contribution in [1.82, 2.24) is 5.16 Å². The summed E-state index contributed by atoms with van der Waals surface area (Å²) >= 11 is 0. The van der Waals surface area contributed by atoms with Gasteiger partial charge in [-0.25, -0.2) is 8.78 Å². The van der Waals surface area contributed by atoms with Crippen molar-refractivity contribution in [3.63, 3.8) is 0 Å². The lowest BCUT2D eigenvalue weighted by Crippen LogP contribution is -2.31. The lowest BCUT2D eigenvalue weighted by atomic mass is 10.2. The first-order valence-electron chi connectivity index (χ1n) is 5.91. The quantitative estimate of drug-likeness (QED) is 0.904. The molecule has 2 N–H and O–H groups in total. The Balaban J connectivity index is 2.00. The van der Waals surface area contributed by atoms with Crippen LogP contribution in [0.3, 0.4) is 0 Å². The minimum atomic E-state index is -0.717. The fourth-order valence-electron chi connectivity index (χ4n) is 1.60. The van der Waals surface area contributed by atoms with E-state index in [1.54, 1.807) is 19.9 Å². The van der Waals surface area contributed by atoms with E-state index >= 15 is 0 Å². The van der Waals surface area contributed by atoms with Crippen molar-refractivity contribution < 1.29 is 18.1 Å². The molecule has 0 fully saturated rings. The minimum Gasteiger partial charge on any atom is -0.374 e. The van der Waals surface area contributed by atoms with Crippen molar-refractivity contribution in [2.24, 2.45) is 0 Å². The maximum atomic E-state index is 13.0. The second-order valence-electron chi connectivity index (χ2n) is 4.35. The lowest BCUT2D eigenvalue weighted by molar-refractivity contribution is -0.116. The first kappa shape index (κ1) is 14.0. The second kappa shape index (κ2) is 5.68. The van der Waals surface area contributed by atoms with Gasteiger partial charge in [-0.15, -0.1) is 0 Å². The number of nitrogens with one attached hydrogen (secondary N) is 2. The molecule has 2 aromatic rings. The number of aryl methyl sites for hydroxylation is 1. The predicted octanol–water partition coefficient (Wildman–Crippen LogP) is 2.70. The number of nitrogens with zero attached hydrogens (tertiary/aromatic N) is 1. The Labute approximate surface area is 114 Å². The summed E-state index contributed by atoms with van der Waals surface area (Å²) in [6.45, 7) is 3.28. The molecule has 0 aliphatic rings. The number of hydrogen-bond acceptors (Lipinski definition) is 4. The molecule has 7 heteroatoms. The lowest BCUT2D eigenvalue weighted by Gasteiger charge is -2.14. The molecule has 2 rings (SSSR count). The molecule has 0 aliphatic heterocycles. The zero-order valence-electron chi connectivity index (χ0n) is 10.9. The summed E-state index contributed by atoms with van der Waals surface area (Å²) in [5, 5.41) is 8.82. The SMILES string of the molecule is Cc1cc(NC(=O)C(C)Nc2cc(F)cc(F)c2)on1.